The van der Waals surface area contributed by atoms with Gasteiger partial charge in [0.05, 0.1) is 4.47 Å². The average molecular weight is 364 g/mol. The van der Waals surface area contributed by atoms with E-state index in [0.717, 1.165) is 15.7 Å². The van der Waals surface area contributed by atoms with E-state index in [9.17, 15) is 4.79 Å². The predicted octanol–water partition coefficient (Wildman–Crippen LogP) is 3.97. The van der Waals surface area contributed by atoms with Gasteiger partial charge in [0, 0.05) is 24.0 Å². The van der Waals surface area contributed by atoms with Crippen molar-refractivity contribution >= 4 is 43.3 Å². The van der Waals surface area contributed by atoms with Gasteiger partial charge in [0.1, 0.15) is 0 Å². The third-order valence-electron chi connectivity index (χ3n) is 3.39. The number of H-pyrrole nitrogens is 1. The smallest absolute Gasteiger partial charge is 0.275 e. The summed E-state index contributed by atoms with van der Waals surface area (Å²) < 4.78 is 1.97. The van der Waals surface area contributed by atoms with Crippen molar-refractivity contribution in [3.05, 3.63) is 51.1 Å². The minimum absolute atomic E-state index is 0.0958. The van der Waals surface area contributed by atoms with Crippen molar-refractivity contribution in [3.8, 4) is 0 Å². The first-order valence-corrected chi connectivity index (χ1v) is 8.16. The number of fused-ring (bicyclic) bond motifs is 1. The van der Waals surface area contributed by atoms with Gasteiger partial charge in [-0.25, -0.2) is 0 Å². The van der Waals surface area contributed by atoms with E-state index in [-0.39, 0.29) is 5.91 Å². The molecule has 2 heterocycles. The summed E-state index contributed by atoms with van der Waals surface area (Å²) in [5.41, 5.74) is 2.44. The molecule has 0 aliphatic carbocycles. The molecule has 0 aliphatic heterocycles. The molecule has 4 nitrogen and oxygen atoms in total. The molecule has 0 saturated carbocycles. The van der Waals surface area contributed by atoms with Gasteiger partial charge in [-0.2, -0.15) is 5.10 Å². The van der Waals surface area contributed by atoms with Crippen LogP contribution in [-0.2, 0) is 6.54 Å². The average Bonchev–Trinajstić information content (AvgIpc) is 3.04. The maximum atomic E-state index is 12.5. The molecular formula is C15H14BrN3OS. The molecule has 0 aliphatic rings. The number of carbonyl (C=O) groups excluding carboxylic acids is 1. The highest BCUT2D eigenvalue weighted by Gasteiger charge is 2.20. The zero-order chi connectivity index (χ0) is 15.0. The number of halogens is 1. The summed E-state index contributed by atoms with van der Waals surface area (Å²) in [4.78, 5) is 14.1. The molecule has 0 spiro atoms. The van der Waals surface area contributed by atoms with E-state index in [4.69, 9.17) is 0 Å². The van der Waals surface area contributed by atoms with E-state index in [1.54, 1.807) is 23.3 Å². The third kappa shape index (κ3) is 2.61. The predicted molar refractivity (Wildman–Crippen MR) is 88.6 cm³/mol. The van der Waals surface area contributed by atoms with Crippen LogP contribution in [0.4, 0.5) is 0 Å². The number of carbonyl (C=O) groups is 1. The molecule has 1 N–H and O–H groups in total. The van der Waals surface area contributed by atoms with Crippen LogP contribution in [0.3, 0.4) is 0 Å². The molecular weight excluding hydrogens is 350 g/mol. The van der Waals surface area contributed by atoms with Crippen LogP contribution in [0.5, 0.6) is 0 Å². The fourth-order valence-corrected chi connectivity index (χ4v) is 3.52. The topological polar surface area (TPSA) is 49.0 Å². The number of nitrogens with zero attached hydrogens (tertiary/aromatic N) is 2. The Kier molecular flexibility index (Phi) is 3.82. The zero-order valence-electron chi connectivity index (χ0n) is 11.7. The summed E-state index contributed by atoms with van der Waals surface area (Å²) in [6.07, 6.45) is 0. The van der Waals surface area contributed by atoms with Gasteiger partial charge < -0.3 is 4.90 Å². The van der Waals surface area contributed by atoms with Crippen molar-refractivity contribution in [2.24, 2.45) is 0 Å². The third-order valence-corrected chi connectivity index (χ3v) is 5.37. The van der Waals surface area contributed by atoms with Crippen LogP contribution >= 0.6 is 27.3 Å². The number of thiophene rings is 1. The molecule has 108 valence electrons. The Morgan fingerprint density at radius 3 is 2.90 bits per heavy atom. The molecule has 0 radical (unpaired) electrons. The maximum Gasteiger partial charge on any atom is 0.275 e. The Morgan fingerprint density at radius 2 is 2.19 bits per heavy atom. The minimum atomic E-state index is -0.0958. The molecule has 6 heteroatoms. The number of hydrogen-bond donors (Lipinski definition) is 1. The Labute approximate surface area is 134 Å². The molecule has 3 rings (SSSR count). The van der Waals surface area contributed by atoms with Gasteiger partial charge >= 0.3 is 0 Å². The Balaban J connectivity index is 1.84. The van der Waals surface area contributed by atoms with Crippen LogP contribution < -0.4 is 0 Å². The quantitative estimate of drug-likeness (QED) is 0.765. The van der Waals surface area contributed by atoms with Gasteiger partial charge in [0.2, 0.25) is 0 Å². The fourth-order valence-electron chi connectivity index (χ4n) is 2.22. The van der Waals surface area contributed by atoms with E-state index < -0.39 is 0 Å². The van der Waals surface area contributed by atoms with Crippen LogP contribution in [0.1, 0.15) is 21.7 Å². The molecule has 1 aromatic carbocycles. The Morgan fingerprint density at radius 1 is 1.43 bits per heavy atom. The second-order valence-corrected chi connectivity index (χ2v) is 6.63. The van der Waals surface area contributed by atoms with Crippen LogP contribution in [0, 0.1) is 6.92 Å². The van der Waals surface area contributed by atoms with Crippen LogP contribution in [0.15, 0.2) is 34.1 Å². The summed E-state index contributed by atoms with van der Waals surface area (Å²) in [6, 6.07) is 8.24. The van der Waals surface area contributed by atoms with Crippen molar-refractivity contribution in [2.75, 3.05) is 7.05 Å². The van der Waals surface area contributed by atoms with E-state index >= 15 is 0 Å². The minimum Gasteiger partial charge on any atom is -0.336 e. The fraction of sp³-hybridized carbons (Fsp3) is 0.200. The van der Waals surface area contributed by atoms with Gasteiger partial charge in [-0.1, -0.05) is 18.2 Å². The highest BCUT2D eigenvalue weighted by atomic mass is 79.9. The number of aryl methyl sites for hydroxylation is 1. The number of amides is 1. The zero-order valence-corrected chi connectivity index (χ0v) is 14.1. The molecule has 0 fully saturated rings. The number of aromatic nitrogens is 2. The highest BCUT2D eigenvalue weighted by Crippen LogP contribution is 2.27. The van der Waals surface area contributed by atoms with Gasteiger partial charge in [-0.3, -0.25) is 9.89 Å². The van der Waals surface area contributed by atoms with E-state index in [0.29, 0.717) is 12.2 Å². The van der Waals surface area contributed by atoms with Crippen molar-refractivity contribution in [3.63, 3.8) is 0 Å². The van der Waals surface area contributed by atoms with E-state index in [1.165, 1.54) is 10.1 Å². The van der Waals surface area contributed by atoms with Gasteiger partial charge in [-0.05, 0) is 45.2 Å². The van der Waals surface area contributed by atoms with Crippen molar-refractivity contribution in [1.82, 2.24) is 15.1 Å². The second kappa shape index (κ2) is 5.61. The molecule has 0 saturated heterocycles. The monoisotopic (exact) mass is 363 g/mol. The maximum absolute atomic E-state index is 12.5. The first-order chi connectivity index (χ1) is 10.1. The van der Waals surface area contributed by atoms with Crippen LogP contribution in [-0.4, -0.2) is 28.1 Å². The molecule has 21 heavy (non-hydrogen) atoms. The lowest BCUT2D eigenvalue weighted by Gasteiger charge is -2.15. The van der Waals surface area contributed by atoms with Crippen molar-refractivity contribution in [1.29, 1.82) is 0 Å². The summed E-state index contributed by atoms with van der Waals surface area (Å²) in [5, 5.41) is 10.2. The van der Waals surface area contributed by atoms with Crippen LogP contribution in [0.25, 0.3) is 10.1 Å². The lowest BCUT2D eigenvalue weighted by molar-refractivity contribution is 0.0779. The molecule has 0 atom stereocenters. The van der Waals surface area contributed by atoms with Gasteiger partial charge in [0.25, 0.3) is 5.91 Å². The lowest BCUT2D eigenvalue weighted by Crippen LogP contribution is -2.26. The van der Waals surface area contributed by atoms with Crippen LogP contribution in [0.2, 0.25) is 0 Å². The molecule has 0 unspecified atom stereocenters. The number of aromatic amines is 1. The SMILES string of the molecule is Cc1[nH]nc(C(=O)N(C)Cc2csc3ccccc23)c1Br. The van der Waals surface area contributed by atoms with E-state index in [2.05, 4.69) is 43.6 Å². The number of benzene rings is 1. The molecule has 3 aromatic rings. The van der Waals surface area contributed by atoms with E-state index in [1.807, 2.05) is 19.1 Å². The molecule has 2 aromatic heterocycles. The first-order valence-electron chi connectivity index (χ1n) is 6.49. The van der Waals surface area contributed by atoms with Gasteiger partial charge in [0.15, 0.2) is 5.69 Å². The largest absolute Gasteiger partial charge is 0.336 e. The summed E-state index contributed by atoms with van der Waals surface area (Å²) >= 11 is 5.10. The number of hydrogen-bond acceptors (Lipinski definition) is 3. The molecule has 1 amide bonds. The summed E-state index contributed by atoms with van der Waals surface area (Å²) in [5.74, 6) is -0.0958. The summed E-state index contributed by atoms with van der Waals surface area (Å²) in [7, 11) is 1.80. The van der Waals surface area contributed by atoms with Gasteiger partial charge in [-0.15, -0.1) is 11.3 Å². The normalized spacial score (nSPS) is 11.0. The number of rotatable bonds is 3. The van der Waals surface area contributed by atoms with Crippen molar-refractivity contribution < 1.29 is 4.79 Å². The standard InChI is InChI=1S/C15H14BrN3OS/c1-9-13(16)14(18-17-9)15(20)19(2)7-10-8-21-12-6-4-3-5-11(10)12/h3-6,8H,7H2,1-2H3,(H,17,18). The Bertz CT molecular complexity index is 808. The second-order valence-electron chi connectivity index (χ2n) is 4.93. The lowest BCUT2D eigenvalue weighted by atomic mass is 10.1. The Hall–Kier alpha value is -1.66. The summed E-state index contributed by atoms with van der Waals surface area (Å²) in [6.45, 7) is 2.45. The molecule has 0 bridgehead atoms. The number of nitrogens with one attached hydrogen (secondary N) is 1. The first kappa shape index (κ1) is 14.3. The van der Waals surface area contributed by atoms with Crippen molar-refractivity contribution in [2.45, 2.75) is 13.5 Å². The highest BCUT2D eigenvalue weighted by molar-refractivity contribution is 9.10.